The molecule has 0 aliphatic rings. The van der Waals surface area contributed by atoms with Crippen LogP contribution in [0.2, 0.25) is 0 Å². The van der Waals surface area contributed by atoms with Gasteiger partial charge in [-0.1, -0.05) is 68.4 Å². The van der Waals surface area contributed by atoms with Crippen LogP contribution in [0.3, 0.4) is 0 Å². The minimum absolute atomic E-state index is 0.00686. The smallest absolute Gasteiger partial charge is 0.322 e. The van der Waals surface area contributed by atoms with Gasteiger partial charge in [-0.15, -0.1) is 0 Å². The Kier molecular flexibility index (Phi) is 12.4. The van der Waals surface area contributed by atoms with Gasteiger partial charge in [0.1, 0.15) is 24.4 Å². The van der Waals surface area contributed by atoms with Gasteiger partial charge in [-0.3, -0.25) is 28.8 Å². The minimum Gasteiger partial charge on any atom is -0.508 e. The number of benzene rings is 3. The van der Waals surface area contributed by atoms with Crippen molar-refractivity contribution in [3.05, 3.63) is 77.9 Å². The molecule has 3 aromatic rings. The lowest BCUT2D eigenvalue weighted by molar-refractivity contribution is -0.137. The third kappa shape index (κ3) is 11.3. The first-order valence-corrected chi connectivity index (χ1v) is 14.3. The summed E-state index contributed by atoms with van der Waals surface area (Å²) in [5.41, 5.74) is 1.38. The molecule has 0 heterocycles. The van der Waals surface area contributed by atoms with E-state index in [0.29, 0.717) is 5.56 Å². The largest absolute Gasteiger partial charge is 0.508 e. The number of aliphatic carboxylic acids is 1. The number of rotatable bonds is 15. The summed E-state index contributed by atoms with van der Waals surface area (Å²) < 4.78 is 0. The minimum atomic E-state index is -1.24. The van der Waals surface area contributed by atoms with Crippen LogP contribution in [0.1, 0.15) is 25.0 Å². The van der Waals surface area contributed by atoms with Crippen molar-refractivity contribution in [1.29, 1.82) is 0 Å². The van der Waals surface area contributed by atoms with E-state index in [-0.39, 0.29) is 30.4 Å². The van der Waals surface area contributed by atoms with Crippen molar-refractivity contribution < 1.29 is 39.0 Å². The van der Waals surface area contributed by atoms with Crippen LogP contribution in [0.5, 0.6) is 5.75 Å². The van der Waals surface area contributed by atoms with Crippen molar-refractivity contribution in [2.24, 2.45) is 5.92 Å². The zero-order valence-electron chi connectivity index (χ0n) is 25.0. The van der Waals surface area contributed by atoms with E-state index in [1.807, 2.05) is 42.5 Å². The molecule has 238 valence electrons. The summed E-state index contributed by atoms with van der Waals surface area (Å²) in [4.78, 5) is 73.9. The molecule has 0 aromatic heterocycles. The molecule has 0 aliphatic heterocycles. The molecule has 0 radical (unpaired) electrons. The highest BCUT2D eigenvalue weighted by Crippen LogP contribution is 2.16. The van der Waals surface area contributed by atoms with Gasteiger partial charge in [0.25, 0.3) is 0 Å². The number of nitrogens with one attached hydrogen (secondary N) is 5. The second-order valence-corrected chi connectivity index (χ2v) is 10.7. The molecule has 0 unspecified atom stereocenters. The predicted octanol–water partition coefficient (Wildman–Crippen LogP) is 0.389. The Labute approximate surface area is 259 Å². The molecule has 0 fully saturated rings. The Hall–Kier alpha value is -5.46. The van der Waals surface area contributed by atoms with Crippen molar-refractivity contribution in [2.75, 3.05) is 19.6 Å². The van der Waals surface area contributed by atoms with Gasteiger partial charge in [-0.25, -0.2) is 0 Å². The maximum atomic E-state index is 13.4. The van der Waals surface area contributed by atoms with Crippen molar-refractivity contribution in [1.82, 2.24) is 26.6 Å². The number of carboxylic acids is 1. The zero-order chi connectivity index (χ0) is 32.9. The Morgan fingerprint density at radius 1 is 0.667 bits per heavy atom. The molecular formula is C32H37N5O8. The quantitative estimate of drug-likeness (QED) is 0.127. The summed E-state index contributed by atoms with van der Waals surface area (Å²) in [6, 6.07) is 17.3. The SMILES string of the molecule is CC(C)[C@H](NC(=O)Cc1ccc2ccccc2c1)C(=O)N[C@@H](Cc1ccc(O)cc1)C(=O)NCC(=O)NCC(=O)NCC(=O)O. The van der Waals surface area contributed by atoms with E-state index < -0.39 is 61.3 Å². The van der Waals surface area contributed by atoms with Crippen LogP contribution in [0.4, 0.5) is 0 Å². The van der Waals surface area contributed by atoms with Gasteiger partial charge in [0.15, 0.2) is 0 Å². The van der Waals surface area contributed by atoms with E-state index in [4.69, 9.17) is 5.11 Å². The first kappa shape index (κ1) is 34.0. The molecule has 0 saturated carbocycles. The van der Waals surface area contributed by atoms with Crippen molar-refractivity contribution in [2.45, 2.75) is 38.8 Å². The number of phenolic OH excluding ortho intramolecular Hbond substituents is 1. The van der Waals surface area contributed by atoms with Crippen molar-refractivity contribution in [3.63, 3.8) is 0 Å². The summed E-state index contributed by atoms with van der Waals surface area (Å²) in [5.74, 6) is -4.68. The standard InChI is InChI=1S/C32H37N5O8/c1-19(2)30(37-26(39)15-21-7-10-22-5-3-4-6-23(22)13-21)32(45)36-25(14-20-8-11-24(38)12-9-20)31(44)35-17-28(41)33-16-27(40)34-18-29(42)43/h3-13,19,25,30,38H,14-18H2,1-2H3,(H,33,41)(H,34,40)(H,35,44)(H,36,45)(H,37,39)(H,42,43)/t25-,30-/m0/s1. The van der Waals surface area contributed by atoms with Gasteiger partial charge in [0, 0.05) is 6.42 Å². The van der Waals surface area contributed by atoms with Gasteiger partial charge < -0.3 is 36.8 Å². The summed E-state index contributed by atoms with van der Waals surface area (Å²) >= 11 is 0. The lowest BCUT2D eigenvalue weighted by Crippen LogP contribution is -2.56. The van der Waals surface area contributed by atoms with Crippen molar-refractivity contribution in [3.8, 4) is 5.75 Å². The second kappa shape index (κ2) is 16.4. The second-order valence-electron chi connectivity index (χ2n) is 10.7. The van der Waals surface area contributed by atoms with Gasteiger partial charge in [-0.2, -0.15) is 0 Å². The summed E-state index contributed by atoms with van der Waals surface area (Å²) in [6.45, 7) is 1.89. The Morgan fingerprint density at radius 2 is 1.27 bits per heavy atom. The third-order valence-electron chi connectivity index (χ3n) is 6.76. The van der Waals surface area contributed by atoms with Gasteiger partial charge in [0.2, 0.25) is 29.5 Å². The predicted molar refractivity (Wildman–Crippen MR) is 165 cm³/mol. The molecule has 13 nitrogen and oxygen atoms in total. The molecule has 3 rings (SSSR count). The summed E-state index contributed by atoms with van der Waals surface area (Å²) in [7, 11) is 0. The van der Waals surface area contributed by atoms with Crippen LogP contribution in [-0.2, 0) is 41.6 Å². The number of carbonyl (C=O) groups is 6. The highest BCUT2D eigenvalue weighted by atomic mass is 16.4. The highest BCUT2D eigenvalue weighted by Gasteiger charge is 2.29. The molecule has 5 amide bonds. The molecule has 13 heteroatoms. The molecule has 0 aliphatic carbocycles. The van der Waals surface area contributed by atoms with E-state index >= 15 is 0 Å². The molecule has 45 heavy (non-hydrogen) atoms. The van der Waals surface area contributed by atoms with Gasteiger partial charge in [0.05, 0.1) is 19.5 Å². The fraction of sp³-hybridized carbons (Fsp3) is 0.312. The Morgan fingerprint density at radius 3 is 1.91 bits per heavy atom. The Bertz CT molecular complexity index is 1540. The molecule has 0 bridgehead atoms. The molecule has 7 N–H and O–H groups in total. The van der Waals surface area contributed by atoms with Crippen LogP contribution in [0.15, 0.2) is 66.7 Å². The normalized spacial score (nSPS) is 12.1. The van der Waals surface area contributed by atoms with Crippen molar-refractivity contribution >= 4 is 46.3 Å². The Balaban J connectivity index is 1.64. The van der Waals surface area contributed by atoms with E-state index in [1.165, 1.54) is 12.1 Å². The first-order valence-electron chi connectivity index (χ1n) is 14.3. The number of aromatic hydroxyl groups is 1. The fourth-order valence-electron chi connectivity index (χ4n) is 4.40. The fourth-order valence-corrected chi connectivity index (χ4v) is 4.40. The average Bonchev–Trinajstić information content (AvgIpc) is 3.00. The van der Waals surface area contributed by atoms with E-state index in [0.717, 1.165) is 16.3 Å². The van der Waals surface area contributed by atoms with E-state index in [2.05, 4.69) is 26.6 Å². The highest BCUT2D eigenvalue weighted by molar-refractivity contribution is 5.94. The van der Waals surface area contributed by atoms with E-state index in [9.17, 15) is 33.9 Å². The monoisotopic (exact) mass is 619 g/mol. The first-order chi connectivity index (χ1) is 21.4. The maximum Gasteiger partial charge on any atom is 0.322 e. The molecule has 0 saturated heterocycles. The topological polar surface area (TPSA) is 203 Å². The molecule has 0 spiro atoms. The van der Waals surface area contributed by atoms with Gasteiger partial charge >= 0.3 is 5.97 Å². The lowest BCUT2D eigenvalue weighted by atomic mass is 10.00. The summed E-state index contributed by atoms with van der Waals surface area (Å²) in [6.07, 6.45) is 0.0507. The average molecular weight is 620 g/mol. The molecule has 2 atom stereocenters. The molecule has 3 aromatic carbocycles. The summed E-state index contributed by atoms with van der Waals surface area (Å²) in [5, 5.41) is 32.5. The zero-order valence-corrected chi connectivity index (χ0v) is 25.0. The number of hydrogen-bond acceptors (Lipinski definition) is 7. The van der Waals surface area contributed by atoms with Crippen LogP contribution >= 0.6 is 0 Å². The number of carbonyl (C=O) groups excluding carboxylic acids is 5. The number of phenols is 1. The van der Waals surface area contributed by atoms with E-state index in [1.54, 1.807) is 26.0 Å². The number of hydrogen-bond donors (Lipinski definition) is 7. The van der Waals surface area contributed by atoms with Crippen LogP contribution < -0.4 is 26.6 Å². The third-order valence-corrected chi connectivity index (χ3v) is 6.76. The maximum absolute atomic E-state index is 13.4. The lowest BCUT2D eigenvalue weighted by Gasteiger charge is -2.25. The molecular weight excluding hydrogens is 582 g/mol. The van der Waals surface area contributed by atoms with Crippen LogP contribution in [0.25, 0.3) is 10.8 Å². The number of fused-ring (bicyclic) bond motifs is 1. The number of amides is 5. The van der Waals surface area contributed by atoms with Crippen LogP contribution in [-0.4, -0.2) is 77.4 Å². The van der Waals surface area contributed by atoms with Crippen LogP contribution in [0, 0.1) is 5.92 Å². The number of carboxylic acid groups (broad SMARTS) is 1. The van der Waals surface area contributed by atoms with Gasteiger partial charge in [-0.05, 0) is 39.9 Å².